The highest BCUT2D eigenvalue weighted by atomic mass is 16.5. The van der Waals surface area contributed by atoms with Gasteiger partial charge in [-0.05, 0) is 6.07 Å². The molecule has 0 saturated heterocycles. The SMILES string of the molecule is COc1cccc(NCCc2ncno2)n1. The molecule has 2 rings (SSSR count). The van der Waals surface area contributed by atoms with Crippen LogP contribution in [0.2, 0.25) is 0 Å². The van der Waals surface area contributed by atoms with Crippen LogP contribution in [0, 0.1) is 0 Å². The Morgan fingerprint density at radius 3 is 3.12 bits per heavy atom. The Morgan fingerprint density at radius 1 is 1.44 bits per heavy atom. The molecule has 0 fully saturated rings. The van der Waals surface area contributed by atoms with Crippen LogP contribution in [0.5, 0.6) is 5.88 Å². The van der Waals surface area contributed by atoms with Crippen molar-refractivity contribution in [1.82, 2.24) is 15.1 Å². The topological polar surface area (TPSA) is 73.1 Å². The highest BCUT2D eigenvalue weighted by Gasteiger charge is 2.00. The van der Waals surface area contributed by atoms with E-state index in [9.17, 15) is 0 Å². The van der Waals surface area contributed by atoms with Crippen LogP contribution < -0.4 is 10.1 Å². The third kappa shape index (κ3) is 2.69. The highest BCUT2D eigenvalue weighted by Crippen LogP contribution is 2.10. The summed E-state index contributed by atoms with van der Waals surface area (Å²) in [5.41, 5.74) is 0. The Balaban J connectivity index is 1.85. The molecule has 0 saturated carbocycles. The zero-order valence-corrected chi connectivity index (χ0v) is 8.88. The number of hydrogen-bond donors (Lipinski definition) is 1. The molecule has 2 heterocycles. The van der Waals surface area contributed by atoms with Crippen LogP contribution in [0.3, 0.4) is 0 Å². The van der Waals surface area contributed by atoms with Gasteiger partial charge in [0.05, 0.1) is 7.11 Å². The first-order chi connectivity index (χ1) is 7.88. The number of hydrogen-bond acceptors (Lipinski definition) is 6. The van der Waals surface area contributed by atoms with Crippen LogP contribution in [-0.2, 0) is 6.42 Å². The first kappa shape index (κ1) is 10.4. The van der Waals surface area contributed by atoms with Gasteiger partial charge in [-0.1, -0.05) is 11.2 Å². The van der Waals surface area contributed by atoms with E-state index < -0.39 is 0 Å². The summed E-state index contributed by atoms with van der Waals surface area (Å²) < 4.78 is 9.89. The van der Waals surface area contributed by atoms with Crippen LogP contribution in [-0.4, -0.2) is 28.8 Å². The number of aromatic nitrogens is 3. The van der Waals surface area contributed by atoms with E-state index in [1.807, 2.05) is 12.1 Å². The van der Waals surface area contributed by atoms with Gasteiger partial charge in [0, 0.05) is 19.0 Å². The Bertz CT molecular complexity index is 430. The average Bonchev–Trinajstić information content (AvgIpc) is 2.82. The molecule has 6 nitrogen and oxygen atoms in total. The number of nitrogens with one attached hydrogen (secondary N) is 1. The highest BCUT2D eigenvalue weighted by molar-refractivity contribution is 5.36. The molecular weight excluding hydrogens is 208 g/mol. The number of ether oxygens (including phenoxy) is 1. The summed E-state index contributed by atoms with van der Waals surface area (Å²) in [6, 6.07) is 5.54. The van der Waals surface area contributed by atoms with E-state index in [1.165, 1.54) is 6.33 Å². The number of nitrogens with zero attached hydrogens (tertiary/aromatic N) is 3. The number of pyridine rings is 1. The summed E-state index contributed by atoms with van der Waals surface area (Å²) in [4.78, 5) is 8.13. The molecule has 0 aromatic carbocycles. The Morgan fingerprint density at radius 2 is 2.38 bits per heavy atom. The van der Waals surface area contributed by atoms with Gasteiger partial charge in [0.15, 0.2) is 6.33 Å². The van der Waals surface area contributed by atoms with Crippen LogP contribution in [0.25, 0.3) is 0 Å². The molecule has 0 amide bonds. The minimum Gasteiger partial charge on any atom is -0.481 e. The van der Waals surface area contributed by atoms with Gasteiger partial charge in [0.1, 0.15) is 5.82 Å². The lowest BCUT2D eigenvalue weighted by Crippen LogP contribution is -2.06. The summed E-state index contributed by atoms with van der Waals surface area (Å²) in [7, 11) is 1.59. The predicted octanol–water partition coefficient (Wildman–Crippen LogP) is 1.13. The maximum absolute atomic E-state index is 5.02. The van der Waals surface area contributed by atoms with Crippen molar-refractivity contribution in [3.63, 3.8) is 0 Å². The van der Waals surface area contributed by atoms with Crippen molar-refractivity contribution in [3.8, 4) is 5.88 Å². The van der Waals surface area contributed by atoms with Gasteiger partial charge < -0.3 is 14.6 Å². The third-order valence-electron chi connectivity index (χ3n) is 1.98. The molecular formula is C10H12N4O2. The molecule has 0 bridgehead atoms. The molecule has 2 aromatic heterocycles. The van der Waals surface area contributed by atoms with Crippen molar-refractivity contribution in [2.24, 2.45) is 0 Å². The van der Waals surface area contributed by atoms with Gasteiger partial charge in [0.25, 0.3) is 0 Å². The molecule has 0 aliphatic rings. The number of rotatable bonds is 5. The second-order valence-corrected chi connectivity index (χ2v) is 3.08. The van der Waals surface area contributed by atoms with Crippen molar-refractivity contribution in [3.05, 3.63) is 30.4 Å². The minimum absolute atomic E-state index is 0.586. The molecule has 0 spiro atoms. The van der Waals surface area contributed by atoms with Gasteiger partial charge in [-0.2, -0.15) is 9.97 Å². The minimum atomic E-state index is 0.586. The largest absolute Gasteiger partial charge is 0.481 e. The average molecular weight is 220 g/mol. The quantitative estimate of drug-likeness (QED) is 0.814. The normalized spacial score (nSPS) is 10.1. The van der Waals surface area contributed by atoms with E-state index >= 15 is 0 Å². The van der Waals surface area contributed by atoms with E-state index in [1.54, 1.807) is 13.2 Å². The van der Waals surface area contributed by atoms with Crippen LogP contribution in [0.1, 0.15) is 5.89 Å². The zero-order valence-electron chi connectivity index (χ0n) is 8.88. The second kappa shape index (κ2) is 5.11. The number of methoxy groups -OCH3 is 1. The van der Waals surface area contributed by atoms with E-state index in [4.69, 9.17) is 9.26 Å². The number of anilines is 1. The predicted molar refractivity (Wildman–Crippen MR) is 57.3 cm³/mol. The first-order valence-corrected chi connectivity index (χ1v) is 4.89. The van der Waals surface area contributed by atoms with E-state index in [0.717, 1.165) is 5.82 Å². The van der Waals surface area contributed by atoms with Crippen LogP contribution in [0.4, 0.5) is 5.82 Å². The smallest absolute Gasteiger partial charge is 0.228 e. The fraction of sp³-hybridized carbons (Fsp3) is 0.300. The van der Waals surface area contributed by atoms with Gasteiger partial charge in [-0.25, -0.2) is 0 Å². The molecule has 6 heteroatoms. The summed E-state index contributed by atoms with van der Waals surface area (Å²) in [5, 5.41) is 6.66. The van der Waals surface area contributed by atoms with Gasteiger partial charge in [-0.15, -0.1) is 0 Å². The summed E-state index contributed by atoms with van der Waals surface area (Å²) in [6.07, 6.45) is 2.05. The molecule has 84 valence electrons. The molecule has 0 atom stereocenters. The Hall–Kier alpha value is -2.11. The third-order valence-corrected chi connectivity index (χ3v) is 1.98. The Kier molecular flexibility index (Phi) is 3.32. The van der Waals surface area contributed by atoms with E-state index in [2.05, 4.69) is 20.4 Å². The Labute approximate surface area is 92.7 Å². The lowest BCUT2D eigenvalue weighted by atomic mass is 10.4. The monoisotopic (exact) mass is 220 g/mol. The fourth-order valence-corrected chi connectivity index (χ4v) is 1.23. The molecule has 0 aliphatic heterocycles. The van der Waals surface area contributed by atoms with Crippen LogP contribution >= 0.6 is 0 Å². The maximum Gasteiger partial charge on any atom is 0.228 e. The molecule has 0 aliphatic carbocycles. The van der Waals surface area contributed by atoms with Gasteiger partial charge in [-0.3, -0.25) is 0 Å². The molecule has 0 radical (unpaired) electrons. The van der Waals surface area contributed by atoms with E-state index in [-0.39, 0.29) is 0 Å². The molecule has 2 aromatic rings. The van der Waals surface area contributed by atoms with Crippen molar-refractivity contribution < 1.29 is 9.26 Å². The summed E-state index contributed by atoms with van der Waals surface area (Å²) >= 11 is 0. The second-order valence-electron chi connectivity index (χ2n) is 3.08. The lowest BCUT2D eigenvalue weighted by molar-refractivity contribution is 0.379. The standard InChI is InChI=1S/C10H12N4O2/c1-15-10-4-2-3-8(14-10)11-6-5-9-12-7-13-16-9/h2-4,7H,5-6H2,1H3,(H,11,14). The zero-order chi connectivity index (χ0) is 11.2. The van der Waals surface area contributed by atoms with Crippen molar-refractivity contribution in [2.75, 3.05) is 19.0 Å². The van der Waals surface area contributed by atoms with Gasteiger partial charge >= 0.3 is 0 Å². The molecule has 1 N–H and O–H groups in total. The van der Waals surface area contributed by atoms with Crippen molar-refractivity contribution >= 4 is 5.82 Å². The first-order valence-electron chi connectivity index (χ1n) is 4.89. The maximum atomic E-state index is 5.02. The molecule has 0 unspecified atom stereocenters. The lowest BCUT2D eigenvalue weighted by Gasteiger charge is -2.04. The molecule has 16 heavy (non-hydrogen) atoms. The summed E-state index contributed by atoms with van der Waals surface area (Å²) in [6.45, 7) is 0.683. The fourth-order valence-electron chi connectivity index (χ4n) is 1.23. The summed E-state index contributed by atoms with van der Waals surface area (Å²) in [5.74, 6) is 1.96. The van der Waals surface area contributed by atoms with E-state index in [0.29, 0.717) is 24.7 Å². The van der Waals surface area contributed by atoms with Crippen LogP contribution in [0.15, 0.2) is 29.0 Å². The van der Waals surface area contributed by atoms with Gasteiger partial charge in [0.2, 0.25) is 11.8 Å². The van der Waals surface area contributed by atoms with Crippen molar-refractivity contribution in [1.29, 1.82) is 0 Å². The van der Waals surface area contributed by atoms with Crippen molar-refractivity contribution in [2.45, 2.75) is 6.42 Å².